The zero-order valence-electron chi connectivity index (χ0n) is 9.40. The smallest absolute Gasteiger partial charge is 0.252 e. The van der Waals surface area contributed by atoms with E-state index in [2.05, 4.69) is 10.1 Å². The van der Waals surface area contributed by atoms with Gasteiger partial charge in [0.25, 0.3) is 5.56 Å². The lowest BCUT2D eigenvalue weighted by Gasteiger charge is -2.24. The standard InChI is InChI=1S/C9H11Cl2N3O5/c10-9(11)6(17)4(3-15)19-7(9)14-2-1-5(16)12-8(14)13-18/h1-2,4,6-7,15,17-18H,3H2,(H,12,13,16)/t4-,6-,7-/m1/s1. The number of hydrogen-bond acceptors (Lipinski definition) is 6. The van der Waals surface area contributed by atoms with Crippen molar-refractivity contribution in [2.75, 3.05) is 6.61 Å². The Hall–Kier alpha value is -1.06. The number of aromatic amines is 1. The summed E-state index contributed by atoms with van der Waals surface area (Å²) in [5.74, 6) is 0. The van der Waals surface area contributed by atoms with Crippen molar-refractivity contribution in [3.8, 4) is 0 Å². The van der Waals surface area contributed by atoms with Crippen LogP contribution in [0.3, 0.4) is 0 Å². The molecule has 106 valence electrons. The predicted molar refractivity (Wildman–Crippen MR) is 63.8 cm³/mol. The third-order valence-corrected chi connectivity index (χ3v) is 3.59. The summed E-state index contributed by atoms with van der Waals surface area (Å²) in [6, 6.07) is 1.14. The van der Waals surface area contributed by atoms with Gasteiger partial charge < -0.3 is 20.2 Å². The Kier molecular flexibility index (Phi) is 3.88. The third-order valence-electron chi connectivity index (χ3n) is 2.77. The van der Waals surface area contributed by atoms with Crippen LogP contribution in [0.4, 0.5) is 0 Å². The van der Waals surface area contributed by atoms with E-state index < -0.39 is 34.9 Å². The molecule has 3 atom stereocenters. The molecule has 1 fully saturated rings. The van der Waals surface area contributed by atoms with E-state index in [0.717, 1.165) is 10.6 Å². The second-order valence-electron chi connectivity index (χ2n) is 3.96. The molecule has 19 heavy (non-hydrogen) atoms. The van der Waals surface area contributed by atoms with Crippen LogP contribution in [0.1, 0.15) is 6.23 Å². The Morgan fingerprint density at radius 2 is 2.26 bits per heavy atom. The molecular weight excluding hydrogens is 301 g/mol. The van der Waals surface area contributed by atoms with E-state index in [1.165, 1.54) is 6.20 Å². The fraction of sp³-hybridized carbons (Fsp3) is 0.556. The van der Waals surface area contributed by atoms with Crippen LogP contribution < -0.4 is 11.2 Å². The molecule has 0 bridgehead atoms. The molecule has 2 rings (SSSR count). The van der Waals surface area contributed by atoms with Crippen LogP contribution in [0.2, 0.25) is 0 Å². The van der Waals surface area contributed by atoms with Crippen molar-refractivity contribution in [2.45, 2.75) is 22.8 Å². The summed E-state index contributed by atoms with van der Waals surface area (Å²) >= 11 is 12.0. The van der Waals surface area contributed by atoms with Gasteiger partial charge in [0.05, 0.1) is 6.61 Å². The first-order chi connectivity index (χ1) is 8.91. The van der Waals surface area contributed by atoms with Gasteiger partial charge in [0.2, 0.25) is 5.62 Å². The number of nitrogens with zero attached hydrogens (tertiary/aromatic N) is 2. The van der Waals surface area contributed by atoms with Gasteiger partial charge in [0, 0.05) is 12.3 Å². The lowest BCUT2D eigenvalue weighted by atomic mass is 10.2. The number of hydrogen-bond donors (Lipinski definition) is 4. The van der Waals surface area contributed by atoms with Gasteiger partial charge in [0.1, 0.15) is 12.2 Å². The second-order valence-corrected chi connectivity index (χ2v) is 5.41. The minimum absolute atomic E-state index is 0.256. The second kappa shape index (κ2) is 5.14. The fourth-order valence-corrected chi connectivity index (χ4v) is 2.41. The number of rotatable bonds is 2. The molecule has 0 saturated carbocycles. The minimum atomic E-state index is -1.78. The van der Waals surface area contributed by atoms with Gasteiger partial charge in [0.15, 0.2) is 10.6 Å². The van der Waals surface area contributed by atoms with Crippen molar-refractivity contribution in [3.63, 3.8) is 0 Å². The Morgan fingerprint density at radius 1 is 1.58 bits per heavy atom. The van der Waals surface area contributed by atoms with Gasteiger partial charge in [-0.2, -0.15) is 0 Å². The summed E-state index contributed by atoms with van der Waals surface area (Å²) in [6.45, 7) is -0.492. The number of nitrogens with one attached hydrogen (secondary N) is 1. The highest BCUT2D eigenvalue weighted by Gasteiger charge is 2.55. The number of alkyl halides is 2. The van der Waals surface area contributed by atoms with Crippen molar-refractivity contribution in [1.82, 2.24) is 9.55 Å². The van der Waals surface area contributed by atoms with Crippen molar-refractivity contribution in [1.29, 1.82) is 0 Å². The summed E-state index contributed by atoms with van der Waals surface area (Å²) in [5.41, 5.74) is -0.759. The first-order valence-electron chi connectivity index (χ1n) is 5.23. The SMILES string of the molecule is O=c1ccn([C@@H]2O[C@H](CO)[C@@H](O)C2(Cl)Cl)/c(=N/O)[nH]1. The Bertz CT molecular complexity index is 584. The van der Waals surface area contributed by atoms with Crippen LogP contribution in [0, 0.1) is 0 Å². The van der Waals surface area contributed by atoms with Crippen molar-refractivity contribution >= 4 is 23.2 Å². The molecule has 0 radical (unpaired) electrons. The Labute approximate surface area is 116 Å². The van der Waals surface area contributed by atoms with Crippen LogP contribution in [-0.2, 0) is 4.74 Å². The quantitative estimate of drug-likeness (QED) is 0.314. The molecule has 0 unspecified atom stereocenters. The molecule has 1 aliphatic heterocycles. The number of halogens is 2. The molecule has 10 heteroatoms. The minimum Gasteiger partial charge on any atom is -0.408 e. The number of aromatic nitrogens is 2. The van der Waals surface area contributed by atoms with Crippen LogP contribution in [0.15, 0.2) is 22.2 Å². The maximum Gasteiger partial charge on any atom is 0.252 e. The molecule has 1 saturated heterocycles. The largest absolute Gasteiger partial charge is 0.408 e. The molecule has 1 aromatic rings. The lowest BCUT2D eigenvalue weighted by Crippen LogP contribution is -2.41. The van der Waals surface area contributed by atoms with E-state index in [9.17, 15) is 9.90 Å². The topological polar surface area (TPSA) is 120 Å². The van der Waals surface area contributed by atoms with Gasteiger partial charge in [-0.05, 0) is 0 Å². The summed E-state index contributed by atoms with van der Waals surface area (Å²) in [4.78, 5) is 13.4. The van der Waals surface area contributed by atoms with Crippen molar-refractivity contribution < 1.29 is 20.2 Å². The lowest BCUT2D eigenvalue weighted by molar-refractivity contribution is -0.0470. The molecule has 0 aromatic carbocycles. The Balaban J connectivity index is 2.51. The predicted octanol–water partition coefficient (Wildman–Crippen LogP) is -1.11. The fourth-order valence-electron chi connectivity index (χ4n) is 1.82. The van der Waals surface area contributed by atoms with E-state index in [1.807, 2.05) is 0 Å². The Morgan fingerprint density at radius 3 is 2.79 bits per heavy atom. The summed E-state index contributed by atoms with van der Waals surface area (Å²) in [7, 11) is 0. The molecule has 8 nitrogen and oxygen atoms in total. The van der Waals surface area contributed by atoms with E-state index in [-0.39, 0.29) is 5.62 Å². The summed E-state index contributed by atoms with van der Waals surface area (Å²) < 4.78 is 4.67. The highest BCUT2D eigenvalue weighted by atomic mass is 35.5. The maximum atomic E-state index is 11.1. The molecule has 0 amide bonds. The third kappa shape index (κ3) is 2.37. The van der Waals surface area contributed by atoms with E-state index in [1.54, 1.807) is 0 Å². The first kappa shape index (κ1) is 14.4. The highest BCUT2D eigenvalue weighted by molar-refractivity contribution is 6.49. The van der Waals surface area contributed by atoms with Gasteiger partial charge in [-0.15, -0.1) is 0 Å². The molecule has 4 N–H and O–H groups in total. The van der Waals surface area contributed by atoms with E-state index in [0.29, 0.717) is 0 Å². The average molecular weight is 312 g/mol. The van der Waals surface area contributed by atoms with Crippen molar-refractivity contribution in [2.24, 2.45) is 5.16 Å². The molecule has 1 aliphatic rings. The van der Waals surface area contributed by atoms with Crippen LogP contribution in [0.25, 0.3) is 0 Å². The molecule has 0 spiro atoms. The number of aliphatic hydroxyl groups excluding tert-OH is 2. The number of H-pyrrole nitrogens is 1. The van der Waals surface area contributed by atoms with Gasteiger partial charge >= 0.3 is 0 Å². The van der Waals surface area contributed by atoms with E-state index in [4.69, 9.17) is 38.3 Å². The van der Waals surface area contributed by atoms with Crippen LogP contribution >= 0.6 is 23.2 Å². The zero-order chi connectivity index (χ0) is 14.2. The molecule has 0 aliphatic carbocycles. The normalized spacial score (nSPS) is 30.7. The molecule has 1 aromatic heterocycles. The van der Waals surface area contributed by atoms with Gasteiger partial charge in [-0.1, -0.05) is 28.4 Å². The van der Waals surface area contributed by atoms with Crippen molar-refractivity contribution in [3.05, 3.63) is 28.2 Å². The summed E-state index contributed by atoms with van der Waals surface area (Å²) in [6.07, 6.45) is -2.25. The number of ether oxygens (including phenoxy) is 1. The maximum absolute atomic E-state index is 11.1. The monoisotopic (exact) mass is 311 g/mol. The molecular formula is C9H11Cl2N3O5. The van der Waals surface area contributed by atoms with Gasteiger partial charge in [-0.25, -0.2) is 0 Å². The van der Waals surface area contributed by atoms with Crippen LogP contribution in [-0.4, -0.2) is 48.1 Å². The highest BCUT2D eigenvalue weighted by Crippen LogP contribution is 2.45. The van der Waals surface area contributed by atoms with E-state index >= 15 is 0 Å². The molecule has 2 heterocycles. The summed E-state index contributed by atoms with van der Waals surface area (Å²) in [5, 5.41) is 30.6. The average Bonchev–Trinajstić information content (AvgIpc) is 2.61. The zero-order valence-corrected chi connectivity index (χ0v) is 10.9. The first-order valence-corrected chi connectivity index (χ1v) is 5.99. The van der Waals surface area contributed by atoms with Gasteiger partial charge in [-0.3, -0.25) is 14.3 Å². The van der Waals surface area contributed by atoms with Crippen LogP contribution in [0.5, 0.6) is 0 Å². The number of aliphatic hydroxyl groups is 2.